The molecule has 0 spiro atoms. The minimum atomic E-state index is -0.784. The topological polar surface area (TPSA) is 163 Å². The molecule has 0 radical (unpaired) electrons. The lowest BCUT2D eigenvalue weighted by molar-refractivity contribution is -0.131. The van der Waals surface area contributed by atoms with E-state index in [4.69, 9.17) is 5.41 Å². The van der Waals surface area contributed by atoms with Gasteiger partial charge in [0.25, 0.3) is 0 Å². The summed E-state index contributed by atoms with van der Waals surface area (Å²) in [6.45, 7) is 0.731. The molecule has 3 atom stereocenters. The number of hydrogen-bond acceptors (Lipinski definition) is 8. The minimum Gasteiger partial charge on any atom is -0.505 e. The second-order valence-corrected chi connectivity index (χ2v) is 11.4. The first-order valence-electron chi connectivity index (χ1n) is 14.0. The van der Waals surface area contributed by atoms with E-state index in [0.717, 1.165) is 31.4 Å². The van der Waals surface area contributed by atoms with Gasteiger partial charge in [0.1, 0.15) is 17.3 Å². The largest absolute Gasteiger partial charge is 0.505 e. The van der Waals surface area contributed by atoms with Crippen LogP contribution >= 0.6 is 0 Å². The fourth-order valence-corrected chi connectivity index (χ4v) is 6.18. The monoisotopic (exact) mass is 544 g/mol. The smallest absolute Gasteiger partial charge is 0.193 e. The zero-order chi connectivity index (χ0) is 28.7. The van der Waals surface area contributed by atoms with Crippen molar-refractivity contribution in [2.45, 2.75) is 77.2 Å². The number of nitrogens with zero attached hydrogens (tertiary/aromatic N) is 1. The van der Waals surface area contributed by atoms with E-state index in [1.54, 1.807) is 6.07 Å². The zero-order valence-electron chi connectivity index (χ0n) is 23.4. The van der Waals surface area contributed by atoms with Crippen LogP contribution in [0.5, 0.6) is 5.75 Å². The highest BCUT2D eigenvalue weighted by molar-refractivity contribution is 6.06. The maximum absolute atomic E-state index is 13.4. The predicted molar refractivity (Wildman–Crippen MR) is 151 cm³/mol. The lowest BCUT2D eigenvalue weighted by Gasteiger charge is -2.33. The fraction of sp³-hybridized carbons (Fsp3) is 0.655. The maximum atomic E-state index is 13.4. The summed E-state index contributed by atoms with van der Waals surface area (Å²) < 4.78 is 0. The van der Waals surface area contributed by atoms with Crippen LogP contribution in [0, 0.1) is 23.2 Å². The van der Waals surface area contributed by atoms with Crippen molar-refractivity contribution < 1.29 is 29.7 Å². The van der Waals surface area contributed by atoms with Gasteiger partial charge in [-0.2, -0.15) is 0 Å². The minimum absolute atomic E-state index is 0.0834. The number of rotatable bonds is 12. The number of Topliss-reactive ketones (excluding diaryl/α,β-unsaturated/α-hetero) is 3. The number of fused-ring (bicyclic) bond motifs is 1. The molecular weight excluding hydrogens is 500 g/mol. The number of nitrogens with one attached hydrogen (secondary N) is 3. The number of carbonyl (C=O) groups excluding carboxylic acids is 3. The molecule has 0 amide bonds. The molecule has 10 nitrogen and oxygen atoms in total. The summed E-state index contributed by atoms with van der Waals surface area (Å²) in [6, 6.07) is 1.96. The number of anilines is 2. The Kier molecular flexibility index (Phi) is 10.9. The number of phenolic OH excluding ortho intramolecular Hbond substituents is 1. The molecule has 3 rings (SSSR count). The second-order valence-electron chi connectivity index (χ2n) is 11.4. The highest BCUT2D eigenvalue weighted by Crippen LogP contribution is 2.44. The Balaban J connectivity index is 1.84. The van der Waals surface area contributed by atoms with E-state index in [1.165, 1.54) is 13.3 Å². The van der Waals surface area contributed by atoms with E-state index >= 15 is 0 Å². The summed E-state index contributed by atoms with van der Waals surface area (Å²) in [5.41, 5.74) is 2.00. The third-order valence-electron chi connectivity index (χ3n) is 8.06. The summed E-state index contributed by atoms with van der Waals surface area (Å²) in [7, 11) is 3.71. The standard InChI is InChI=1S/C29H44N4O6/c1-17(36)11-25(37)22(16-35)19(9-10-34)12-18-13-21-24(33(2)3)15-23(28(39)27(21)26(38)14-18)32-29(30)31-20-7-5-4-6-8-20/h15,18-20,22,34-35,39H,4-14,16H2,1-3H3,(H3,30,31,32). The summed E-state index contributed by atoms with van der Waals surface area (Å²) in [6.07, 6.45) is 6.50. The lowest BCUT2D eigenvalue weighted by Crippen LogP contribution is -2.39. The quantitative estimate of drug-likeness (QED) is 0.100. The number of benzene rings is 1. The number of carbonyl (C=O) groups is 3. The molecule has 1 saturated carbocycles. The molecule has 0 bridgehead atoms. The molecule has 1 aromatic rings. The van der Waals surface area contributed by atoms with Gasteiger partial charge in [0.15, 0.2) is 11.7 Å². The maximum Gasteiger partial charge on any atom is 0.193 e. The third kappa shape index (κ3) is 7.79. The van der Waals surface area contributed by atoms with Crippen LogP contribution in [-0.2, 0) is 16.0 Å². The fourth-order valence-electron chi connectivity index (χ4n) is 6.18. The van der Waals surface area contributed by atoms with E-state index < -0.39 is 12.5 Å². The molecule has 2 aliphatic carbocycles. The van der Waals surface area contributed by atoms with Gasteiger partial charge in [-0.15, -0.1) is 0 Å². The van der Waals surface area contributed by atoms with Gasteiger partial charge in [0, 0.05) is 44.8 Å². The summed E-state index contributed by atoms with van der Waals surface area (Å²) >= 11 is 0. The van der Waals surface area contributed by atoms with Gasteiger partial charge < -0.3 is 30.9 Å². The number of guanidine groups is 1. The molecule has 0 saturated heterocycles. The molecule has 2 aliphatic rings. The molecule has 10 heteroatoms. The van der Waals surface area contributed by atoms with E-state index in [9.17, 15) is 29.7 Å². The Morgan fingerprint density at radius 2 is 1.85 bits per heavy atom. The van der Waals surface area contributed by atoms with Crippen LogP contribution < -0.4 is 15.5 Å². The van der Waals surface area contributed by atoms with Crippen LogP contribution in [0.2, 0.25) is 0 Å². The average Bonchev–Trinajstić information content (AvgIpc) is 2.86. The van der Waals surface area contributed by atoms with E-state index in [1.807, 2.05) is 19.0 Å². The highest BCUT2D eigenvalue weighted by Gasteiger charge is 2.36. The number of phenols is 1. The predicted octanol–water partition coefficient (Wildman–Crippen LogP) is 3.02. The van der Waals surface area contributed by atoms with Crippen LogP contribution in [-0.4, -0.2) is 72.0 Å². The Morgan fingerprint density at radius 3 is 2.44 bits per heavy atom. The molecule has 1 aromatic carbocycles. The van der Waals surface area contributed by atoms with E-state index in [0.29, 0.717) is 24.1 Å². The van der Waals surface area contributed by atoms with Crippen LogP contribution in [0.15, 0.2) is 6.07 Å². The molecule has 0 heterocycles. The summed E-state index contributed by atoms with van der Waals surface area (Å²) in [5, 5.41) is 45.3. The van der Waals surface area contributed by atoms with Crippen molar-refractivity contribution in [1.82, 2.24) is 5.32 Å². The number of aliphatic hydroxyl groups excluding tert-OH is 2. The van der Waals surface area contributed by atoms with Gasteiger partial charge in [-0.1, -0.05) is 19.3 Å². The van der Waals surface area contributed by atoms with Gasteiger partial charge >= 0.3 is 0 Å². The molecule has 216 valence electrons. The Bertz CT molecular complexity index is 1070. The Morgan fingerprint density at radius 1 is 1.15 bits per heavy atom. The normalized spacial score (nSPS) is 19.1. The molecule has 3 unspecified atom stereocenters. The number of aromatic hydroxyl groups is 1. The molecular formula is C29H44N4O6. The molecule has 0 aliphatic heterocycles. The van der Waals surface area contributed by atoms with Gasteiger partial charge in [-0.05, 0) is 62.5 Å². The number of ketones is 3. The van der Waals surface area contributed by atoms with Crippen LogP contribution in [0.4, 0.5) is 11.4 Å². The van der Waals surface area contributed by atoms with Gasteiger partial charge in [0.2, 0.25) is 0 Å². The van der Waals surface area contributed by atoms with Crippen molar-refractivity contribution in [3.63, 3.8) is 0 Å². The number of aliphatic hydroxyl groups is 2. The zero-order valence-corrected chi connectivity index (χ0v) is 23.4. The summed E-state index contributed by atoms with van der Waals surface area (Å²) in [4.78, 5) is 39.4. The molecule has 0 aromatic heterocycles. The van der Waals surface area contributed by atoms with E-state index in [2.05, 4.69) is 10.6 Å². The Labute approximate surface area is 230 Å². The molecule has 1 fully saturated rings. The van der Waals surface area contributed by atoms with Gasteiger partial charge in [-0.3, -0.25) is 19.8 Å². The lowest BCUT2D eigenvalue weighted by atomic mass is 9.73. The average molecular weight is 545 g/mol. The van der Waals surface area contributed by atoms with Crippen LogP contribution in [0.1, 0.15) is 80.6 Å². The van der Waals surface area contributed by atoms with Crippen molar-refractivity contribution in [3.05, 3.63) is 17.2 Å². The summed E-state index contributed by atoms with van der Waals surface area (Å²) in [5.74, 6) is -2.27. The first-order valence-corrected chi connectivity index (χ1v) is 14.0. The van der Waals surface area contributed by atoms with Crippen LogP contribution in [0.3, 0.4) is 0 Å². The SMILES string of the molecule is CC(=O)CC(=O)C(CO)C(CCO)CC1CC(=O)c2c(O)c(NC(=N)NC3CCCCC3)cc(N(C)C)c2C1. The molecule has 39 heavy (non-hydrogen) atoms. The van der Waals surface area contributed by atoms with Crippen molar-refractivity contribution >= 4 is 34.7 Å². The van der Waals surface area contributed by atoms with Gasteiger partial charge in [0.05, 0.1) is 24.3 Å². The van der Waals surface area contributed by atoms with Crippen molar-refractivity contribution in [3.8, 4) is 5.75 Å². The second kappa shape index (κ2) is 13.9. The number of hydrogen-bond donors (Lipinski definition) is 6. The van der Waals surface area contributed by atoms with Crippen LogP contribution in [0.25, 0.3) is 0 Å². The van der Waals surface area contributed by atoms with Crippen molar-refractivity contribution in [1.29, 1.82) is 5.41 Å². The molecule has 6 N–H and O–H groups in total. The van der Waals surface area contributed by atoms with Crippen molar-refractivity contribution in [2.75, 3.05) is 37.5 Å². The highest BCUT2D eigenvalue weighted by atomic mass is 16.3. The third-order valence-corrected chi connectivity index (χ3v) is 8.06. The van der Waals surface area contributed by atoms with Gasteiger partial charge in [-0.25, -0.2) is 0 Å². The Hall–Kier alpha value is -2.98. The van der Waals surface area contributed by atoms with E-state index in [-0.39, 0.29) is 78.4 Å². The van der Waals surface area contributed by atoms with Crippen molar-refractivity contribution in [2.24, 2.45) is 17.8 Å². The first-order chi connectivity index (χ1) is 18.5. The first kappa shape index (κ1) is 30.6.